The molecule has 1 atom stereocenters. The zero-order valence-corrected chi connectivity index (χ0v) is 14.6. The summed E-state index contributed by atoms with van der Waals surface area (Å²) in [5.41, 5.74) is 1.83. The number of nitrogens with one attached hydrogen (secondary N) is 1. The number of hydrogen-bond acceptors (Lipinski definition) is 4. The van der Waals surface area contributed by atoms with E-state index in [0.29, 0.717) is 12.4 Å². The summed E-state index contributed by atoms with van der Waals surface area (Å²) < 4.78 is 0. The van der Waals surface area contributed by atoms with Gasteiger partial charge in [0.1, 0.15) is 5.82 Å². The Hall–Kier alpha value is -2.24. The lowest BCUT2D eigenvalue weighted by atomic mass is 9.95. The second-order valence-corrected chi connectivity index (χ2v) is 6.65. The number of piperidine rings is 1. The molecule has 1 aliphatic heterocycles. The first-order valence-electron chi connectivity index (χ1n) is 8.82. The van der Waals surface area contributed by atoms with Crippen molar-refractivity contribution in [3.05, 3.63) is 59.8 Å². The number of aliphatic hydroxyl groups excluding tert-OH is 1. The molecule has 1 aliphatic rings. The van der Waals surface area contributed by atoms with Crippen molar-refractivity contribution in [2.24, 2.45) is 5.92 Å². The average Bonchev–Trinajstić information content (AvgIpc) is 2.63. The van der Waals surface area contributed by atoms with Crippen LogP contribution in [0.5, 0.6) is 0 Å². The molecule has 0 spiro atoms. The normalized spacial score (nSPS) is 17.2. The molecule has 5 nitrogen and oxygen atoms in total. The summed E-state index contributed by atoms with van der Waals surface area (Å²) in [6.45, 7) is 4.16. The van der Waals surface area contributed by atoms with Crippen LogP contribution < -0.4 is 5.32 Å². The Kier molecular flexibility index (Phi) is 5.79. The second kappa shape index (κ2) is 8.23. The van der Waals surface area contributed by atoms with Gasteiger partial charge in [0.15, 0.2) is 0 Å². The number of likely N-dealkylation sites (tertiary alicyclic amines) is 1. The minimum atomic E-state index is -0.483. The molecule has 1 amide bonds. The van der Waals surface area contributed by atoms with Gasteiger partial charge in [-0.25, -0.2) is 4.98 Å². The number of aryl methyl sites for hydroxylation is 1. The molecule has 3 rings (SSSR count). The van der Waals surface area contributed by atoms with E-state index < -0.39 is 6.10 Å². The molecule has 0 saturated carbocycles. The van der Waals surface area contributed by atoms with E-state index >= 15 is 0 Å². The molecule has 25 heavy (non-hydrogen) atoms. The predicted octanol–water partition coefficient (Wildman–Crippen LogP) is 2.77. The number of nitrogens with zero attached hydrogens (tertiary/aromatic N) is 2. The highest BCUT2D eigenvalue weighted by molar-refractivity contribution is 5.91. The summed E-state index contributed by atoms with van der Waals surface area (Å²) in [6.07, 6.45) is 1.13. The fourth-order valence-electron chi connectivity index (χ4n) is 3.24. The van der Waals surface area contributed by atoms with E-state index in [0.717, 1.165) is 37.2 Å². The highest BCUT2D eigenvalue weighted by Gasteiger charge is 2.26. The maximum atomic E-state index is 12.4. The molecule has 2 N–H and O–H groups in total. The first-order chi connectivity index (χ1) is 12.1. The smallest absolute Gasteiger partial charge is 0.228 e. The third-order valence-corrected chi connectivity index (χ3v) is 4.71. The van der Waals surface area contributed by atoms with Crippen molar-refractivity contribution in [2.45, 2.75) is 25.9 Å². The van der Waals surface area contributed by atoms with E-state index in [1.165, 1.54) is 0 Å². The van der Waals surface area contributed by atoms with E-state index in [4.69, 9.17) is 0 Å². The van der Waals surface area contributed by atoms with Crippen LogP contribution in [0.15, 0.2) is 48.5 Å². The van der Waals surface area contributed by atoms with Crippen molar-refractivity contribution in [3.63, 3.8) is 0 Å². The van der Waals surface area contributed by atoms with Gasteiger partial charge in [-0.15, -0.1) is 0 Å². The fraction of sp³-hybridized carbons (Fsp3) is 0.400. The van der Waals surface area contributed by atoms with Crippen molar-refractivity contribution in [1.29, 1.82) is 0 Å². The van der Waals surface area contributed by atoms with E-state index in [9.17, 15) is 9.90 Å². The number of hydrogen-bond donors (Lipinski definition) is 2. The van der Waals surface area contributed by atoms with Crippen LogP contribution in [0, 0.1) is 12.8 Å². The van der Waals surface area contributed by atoms with Crippen LogP contribution in [0.4, 0.5) is 5.82 Å². The molecule has 2 aromatic rings. The quantitative estimate of drug-likeness (QED) is 0.879. The standard InChI is InChI=1S/C20H25N3O2/c1-15-6-5-9-19(21-15)22-20(25)17-10-12-23(13-11-17)14-18(24)16-7-3-2-4-8-16/h2-9,17-18,24H,10-14H2,1H3,(H,21,22,25). The topological polar surface area (TPSA) is 65.5 Å². The lowest BCUT2D eigenvalue weighted by molar-refractivity contribution is -0.121. The van der Waals surface area contributed by atoms with Crippen molar-refractivity contribution in [1.82, 2.24) is 9.88 Å². The molecule has 1 saturated heterocycles. The van der Waals surface area contributed by atoms with Gasteiger partial charge in [0.2, 0.25) is 5.91 Å². The molecule has 1 aromatic carbocycles. The molecule has 0 aliphatic carbocycles. The zero-order valence-electron chi connectivity index (χ0n) is 14.6. The van der Waals surface area contributed by atoms with Crippen LogP contribution >= 0.6 is 0 Å². The Morgan fingerprint density at radius 3 is 2.60 bits per heavy atom. The largest absolute Gasteiger partial charge is 0.387 e. The maximum absolute atomic E-state index is 12.4. The van der Waals surface area contributed by atoms with Crippen LogP contribution in [0.3, 0.4) is 0 Å². The van der Waals surface area contributed by atoms with Crippen LogP contribution in [-0.2, 0) is 4.79 Å². The Balaban J connectivity index is 1.47. The predicted molar refractivity (Wildman–Crippen MR) is 98.2 cm³/mol. The summed E-state index contributed by atoms with van der Waals surface area (Å²) in [5.74, 6) is 0.667. The minimum absolute atomic E-state index is 0.00688. The highest BCUT2D eigenvalue weighted by Crippen LogP contribution is 2.22. The summed E-state index contributed by atoms with van der Waals surface area (Å²) in [6, 6.07) is 15.3. The van der Waals surface area contributed by atoms with Crippen molar-refractivity contribution >= 4 is 11.7 Å². The van der Waals surface area contributed by atoms with Crippen LogP contribution in [-0.4, -0.2) is 40.5 Å². The van der Waals surface area contributed by atoms with Crippen LogP contribution in [0.1, 0.15) is 30.2 Å². The van der Waals surface area contributed by atoms with Gasteiger partial charge >= 0.3 is 0 Å². The molecule has 1 fully saturated rings. The van der Waals surface area contributed by atoms with Gasteiger partial charge in [0, 0.05) is 18.2 Å². The van der Waals surface area contributed by atoms with Crippen LogP contribution in [0.2, 0.25) is 0 Å². The number of rotatable bonds is 5. The first-order valence-corrected chi connectivity index (χ1v) is 8.82. The van der Waals surface area contributed by atoms with Gasteiger partial charge in [-0.2, -0.15) is 0 Å². The second-order valence-electron chi connectivity index (χ2n) is 6.65. The Bertz CT molecular complexity index is 697. The zero-order chi connectivity index (χ0) is 17.6. The van der Waals surface area contributed by atoms with E-state index in [1.807, 2.05) is 55.5 Å². The summed E-state index contributed by atoms with van der Waals surface area (Å²) in [7, 11) is 0. The average molecular weight is 339 g/mol. The lowest BCUT2D eigenvalue weighted by Gasteiger charge is -2.32. The number of benzene rings is 1. The molecule has 0 bridgehead atoms. The molecule has 1 unspecified atom stereocenters. The van der Waals surface area contributed by atoms with Crippen LogP contribution in [0.25, 0.3) is 0 Å². The number of pyridine rings is 1. The first kappa shape index (κ1) is 17.6. The fourth-order valence-corrected chi connectivity index (χ4v) is 3.24. The van der Waals surface area contributed by atoms with Gasteiger partial charge in [0.05, 0.1) is 6.10 Å². The van der Waals surface area contributed by atoms with Gasteiger partial charge < -0.3 is 15.3 Å². The number of β-amino-alcohol motifs (C(OH)–C–C–N with tert-alkyl or cyclic N) is 1. The third kappa shape index (κ3) is 4.87. The number of aromatic nitrogens is 1. The Morgan fingerprint density at radius 1 is 1.20 bits per heavy atom. The molecule has 132 valence electrons. The van der Waals surface area contributed by atoms with Gasteiger partial charge in [-0.05, 0) is 50.6 Å². The number of anilines is 1. The van der Waals surface area contributed by atoms with E-state index in [2.05, 4.69) is 15.2 Å². The minimum Gasteiger partial charge on any atom is -0.387 e. The van der Waals surface area contributed by atoms with Crippen molar-refractivity contribution < 1.29 is 9.90 Å². The summed E-state index contributed by atoms with van der Waals surface area (Å²) >= 11 is 0. The highest BCUT2D eigenvalue weighted by atomic mass is 16.3. The van der Waals surface area contributed by atoms with E-state index in [1.54, 1.807) is 0 Å². The number of carbonyl (C=O) groups is 1. The molecular weight excluding hydrogens is 314 g/mol. The third-order valence-electron chi connectivity index (χ3n) is 4.71. The maximum Gasteiger partial charge on any atom is 0.228 e. The SMILES string of the molecule is Cc1cccc(NC(=O)C2CCN(CC(O)c3ccccc3)CC2)n1. The molecule has 5 heteroatoms. The number of carbonyl (C=O) groups excluding carboxylic acids is 1. The molecule has 1 aromatic heterocycles. The Morgan fingerprint density at radius 2 is 1.92 bits per heavy atom. The van der Waals surface area contributed by atoms with Gasteiger partial charge in [-0.3, -0.25) is 4.79 Å². The van der Waals surface area contributed by atoms with E-state index in [-0.39, 0.29) is 11.8 Å². The monoisotopic (exact) mass is 339 g/mol. The Labute approximate surface area is 148 Å². The van der Waals surface area contributed by atoms with Crippen molar-refractivity contribution in [2.75, 3.05) is 25.0 Å². The lowest BCUT2D eigenvalue weighted by Crippen LogP contribution is -2.40. The van der Waals surface area contributed by atoms with Gasteiger partial charge in [-0.1, -0.05) is 36.4 Å². The number of aliphatic hydroxyl groups is 1. The number of amides is 1. The van der Waals surface area contributed by atoms with Crippen molar-refractivity contribution in [3.8, 4) is 0 Å². The summed E-state index contributed by atoms with van der Waals surface area (Å²) in [5, 5.41) is 13.3. The molecule has 0 radical (unpaired) electrons. The molecular formula is C20H25N3O2. The van der Waals surface area contributed by atoms with Gasteiger partial charge in [0.25, 0.3) is 0 Å². The summed E-state index contributed by atoms with van der Waals surface area (Å²) in [4.78, 5) is 19.0. The molecule has 2 heterocycles.